The van der Waals surface area contributed by atoms with Crippen molar-refractivity contribution in [2.24, 2.45) is 4.99 Å². The number of nitrogens with zero attached hydrogens (tertiary/aromatic N) is 1. The number of hydrogen-bond donors (Lipinski definition) is 0. The molecule has 0 bridgehead atoms. The first-order chi connectivity index (χ1) is 7.43. The third-order valence-electron chi connectivity index (χ3n) is 2.15. The molecule has 0 saturated heterocycles. The second-order valence-electron chi connectivity index (χ2n) is 3.46. The topological polar surface area (TPSA) is 12.4 Å². The van der Waals surface area contributed by atoms with Crippen molar-refractivity contribution in [1.29, 1.82) is 0 Å². The third-order valence-corrected chi connectivity index (χ3v) is 2.15. The van der Waals surface area contributed by atoms with Gasteiger partial charge in [0.2, 0.25) is 0 Å². The van der Waals surface area contributed by atoms with Crippen LogP contribution in [0.3, 0.4) is 0 Å². The molecule has 0 fully saturated rings. The van der Waals surface area contributed by atoms with Gasteiger partial charge in [-0.1, -0.05) is 42.5 Å². The minimum atomic E-state index is 0.938. The summed E-state index contributed by atoms with van der Waals surface area (Å²) < 4.78 is 0. The highest BCUT2D eigenvalue weighted by Crippen LogP contribution is 2.00. The van der Waals surface area contributed by atoms with Gasteiger partial charge in [-0.25, -0.2) is 0 Å². The molecule has 0 N–H and O–H groups in total. The Morgan fingerprint density at radius 1 is 1.33 bits per heavy atom. The predicted molar refractivity (Wildman–Crippen MR) is 68.4 cm³/mol. The first-order valence-electron chi connectivity index (χ1n) is 5.58. The summed E-state index contributed by atoms with van der Waals surface area (Å²) in [6.45, 7) is 2.97. The Hall–Kier alpha value is -1.37. The standard InChI is InChI=1S/C14H19N/c1-2-3-4-5-6-10-13-15-14-11-8-7-9-12-14/h2-5,7-9,11H,6,10,12-13H2,1H3/b3-2+,5-4-,15-14-. The van der Waals surface area contributed by atoms with Crippen molar-refractivity contribution in [3.05, 3.63) is 48.6 Å². The van der Waals surface area contributed by atoms with Crippen molar-refractivity contribution in [1.82, 2.24) is 0 Å². The monoisotopic (exact) mass is 201 g/mol. The van der Waals surface area contributed by atoms with Crippen molar-refractivity contribution in [3.8, 4) is 0 Å². The molecular weight excluding hydrogens is 182 g/mol. The van der Waals surface area contributed by atoms with Crippen molar-refractivity contribution in [2.75, 3.05) is 6.54 Å². The van der Waals surface area contributed by atoms with Crippen LogP contribution in [0.2, 0.25) is 0 Å². The number of allylic oxidation sites excluding steroid dienone is 8. The van der Waals surface area contributed by atoms with Crippen LogP contribution in [-0.2, 0) is 0 Å². The molecule has 0 spiro atoms. The van der Waals surface area contributed by atoms with Gasteiger partial charge in [-0.15, -0.1) is 0 Å². The van der Waals surface area contributed by atoms with Gasteiger partial charge >= 0.3 is 0 Å². The molecular formula is C14H19N. The van der Waals surface area contributed by atoms with Gasteiger partial charge in [0.1, 0.15) is 0 Å². The van der Waals surface area contributed by atoms with Crippen LogP contribution in [0.4, 0.5) is 0 Å². The maximum atomic E-state index is 4.53. The van der Waals surface area contributed by atoms with Gasteiger partial charge < -0.3 is 0 Å². The quantitative estimate of drug-likeness (QED) is 0.473. The van der Waals surface area contributed by atoms with Gasteiger partial charge in [0.15, 0.2) is 0 Å². The largest absolute Gasteiger partial charge is 0.289 e. The number of unbranched alkanes of at least 4 members (excludes halogenated alkanes) is 1. The maximum absolute atomic E-state index is 4.53. The van der Waals surface area contributed by atoms with E-state index in [0.717, 1.165) is 25.8 Å². The van der Waals surface area contributed by atoms with Gasteiger partial charge in [0.25, 0.3) is 0 Å². The second-order valence-corrected chi connectivity index (χ2v) is 3.46. The van der Waals surface area contributed by atoms with Crippen LogP contribution in [0.1, 0.15) is 26.2 Å². The minimum Gasteiger partial charge on any atom is -0.289 e. The zero-order valence-corrected chi connectivity index (χ0v) is 9.39. The Morgan fingerprint density at radius 3 is 3.00 bits per heavy atom. The Morgan fingerprint density at radius 2 is 2.27 bits per heavy atom. The fraction of sp³-hybridized carbons (Fsp3) is 0.357. The van der Waals surface area contributed by atoms with E-state index >= 15 is 0 Å². The third kappa shape index (κ3) is 5.84. The number of rotatable bonds is 5. The lowest BCUT2D eigenvalue weighted by Crippen LogP contribution is -1.96. The molecule has 1 rings (SSSR count). The summed E-state index contributed by atoms with van der Waals surface area (Å²) in [5.74, 6) is 0. The van der Waals surface area contributed by atoms with E-state index in [0.29, 0.717) is 0 Å². The first-order valence-corrected chi connectivity index (χ1v) is 5.58. The van der Waals surface area contributed by atoms with Gasteiger partial charge in [0, 0.05) is 18.7 Å². The van der Waals surface area contributed by atoms with Gasteiger partial charge in [-0.3, -0.25) is 4.99 Å². The highest BCUT2D eigenvalue weighted by molar-refractivity contribution is 5.97. The van der Waals surface area contributed by atoms with Crippen LogP contribution < -0.4 is 0 Å². The molecule has 1 aliphatic carbocycles. The molecule has 0 aromatic carbocycles. The zero-order chi connectivity index (χ0) is 10.8. The summed E-state index contributed by atoms with van der Waals surface area (Å²) in [5, 5.41) is 0. The Labute approximate surface area is 92.6 Å². The first kappa shape index (κ1) is 11.7. The summed E-state index contributed by atoms with van der Waals surface area (Å²) >= 11 is 0. The summed E-state index contributed by atoms with van der Waals surface area (Å²) in [7, 11) is 0. The summed E-state index contributed by atoms with van der Waals surface area (Å²) in [6.07, 6.45) is 20.0. The molecule has 1 nitrogen and oxygen atoms in total. The maximum Gasteiger partial charge on any atom is 0.0395 e. The molecule has 1 heteroatoms. The molecule has 0 radical (unpaired) electrons. The fourth-order valence-corrected chi connectivity index (χ4v) is 1.34. The molecule has 0 amide bonds. The summed E-state index contributed by atoms with van der Waals surface area (Å²) in [5.41, 5.74) is 1.20. The molecule has 0 aromatic rings. The Balaban J connectivity index is 2.11. The lowest BCUT2D eigenvalue weighted by Gasteiger charge is -2.00. The lowest BCUT2D eigenvalue weighted by molar-refractivity contribution is 0.854. The molecule has 0 aliphatic heterocycles. The van der Waals surface area contributed by atoms with E-state index in [2.05, 4.69) is 41.4 Å². The predicted octanol–water partition coefficient (Wildman–Crippen LogP) is 3.86. The van der Waals surface area contributed by atoms with E-state index in [9.17, 15) is 0 Å². The van der Waals surface area contributed by atoms with Gasteiger partial charge in [-0.2, -0.15) is 0 Å². The Bertz CT molecular complexity index is 303. The van der Waals surface area contributed by atoms with Crippen molar-refractivity contribution >= 4 is 5.71 Å². The molecule has 80 valence electrons. The number of aliphatic imine (C=N–C) groups is 1. The summed E-state index contributed by atoms with van der Waals surface area (Å²) in [6, 6.07) is 0. The SMILES string of the molecule is C/C=C/C=C\CCC/N=C1/C=CC=CC1. The van der Waals surface area contributed by atoms with Gasteiger partial charge in [0.05, 0.1) is 0 Å². The van der Waals surface area contributed by atoms with Crippen LogP contribution in [0.5, 0.6) is 0 Å². The van der Waals surface area contributed by atoms with Crippen LogP contribution in [0, 0.1) is 0 Å². The highest BCUT2D eigenvalue weighted by Gasteiger charge is 1.93. The average Bonchev–Trinajstić information content (AvgIpc) is 2.29. The molecule has 0 heterocycles. The minimum absolute atomic E-state index is 0.938. The van der Waals surface area contributed by atoms with Crippen LogP contribution in [-0.4, -0.2) is 12.3 Å². The van der Waals surface area contributed by atoms with Crippen LogP contribution >= 0.6 is 0 Å². The van der Waals surface area contributed by atoms with Crippen molar-refractivity contribution in [2.45, 2.75) is 26.2 Å². The molecule has 0 aromatic heterocycles. The second kappa shape index (κ2) is 7.98. The summed E-state index contributed by atoms with van der Waals surface area (Å²) in [4.78, 5) is 4.53. The number of hydrogen-bond acceptors (Lipinski definition) is 1. The van der Waals surface area contributed by atoms with E-state index in [1.54, 1.807) is 0 Å². The molecule has 0 unspecified atom stereocenters. The normalized spacial score (nSPS) is 18.6. The van der Waals surface area contributed by atoms with Crippen molar-refractivity contribution < 1.29 is 0 Å². The average molecular weight is 201 g/mol. The van der Waals surface area contributed by atoms with E-state index in [4.69, 9.17) is 0 Å². The van der Waals surface area contributed by atoms with Crippen LogP contribution in [0.15, 0.2) is 53.6 Å². The smallest absolute Gasteiger partial charge is 0.0395 e. The Kier molecular flexibility index (Phi) is 6.23. The molecule has 1 aliphatic rings. The molecule has 0 atom stereocenters. The van der Waals surface area contributed by atoms with Crippen LogP contribution in [0.25, 0.3) is 0 Å². The van der Waals surface area contributed by atoms with Gasteiger partial charge in [-0.05, 0) is 25.8 Å². The van der Waals surface area contributed by atoms with E-state index < -0.39 is 0 Å². The van der Waals surface area contributed by atoms with E-state index in [1.807, 2.05) is 19.1 Å². The van der Waals surface area contributed by atoms with E-state index in [-0.39, 0.29) is 0 Å². The van der Waals surface area contributed by atoms with E-state index in [1.165, 1.54) is 5.71 Å². The molecule has 0 saturated carbocycles. The zero-order valence-electron chi connectivity index (χ0n) is 9.39. The highest BCUT2D eigenvalue weighted by atomic mass is 14.7. The van der Waals surface area contributed by atoms with Crippen molar-refractivity contribution in [3.63, 3.8) is 0 Å². The lowest BCUT2D eigenvalue weighted by atomic mass is 10.1. The fourth-order valence-electron chi connectivity index (χ4n) is 1.34. The molecule has 15 heavy (non-hydrogen) atoms.